The molecule has 3 rings (SSSR count). The fourth-order valence-electron chi connectivity index (χ4n) is 2.89. The quantitative estimate of drug-likeness (QED) is 0.914. The van der Waals surface area contributed by atoms with Gasteiger partial charge in [0, 0.05) is 24.0 Å². The first-order chi connectivity index (χ1) is 9.70. The second kappa shape index (κ2) is 5.29. The minimum absolute atomic E-state index is 0.00849. The van der Waals surface area contributed by atoms with Crippen LogP contribution in [0.3, 0.4) is 0 Å². The molecule has 1 aliphatic rings. The number of para-hydroxylation sites is 1. The van der Waals surface area contributed by atoms with E-state index in [0.29, 0.717) is 18.2 Å². The number of hydrogen-bond donors (Lipinski definition) is 1. The van der Waals surface area contributed by atoms with E-state index in [4.69, 9.17) is 10.2 Å². The first kappa shape index (κ1) is 13.2. The molecule has 4 heteroatoms. The van der Waals surface area contributed by atoms with Crippen LogP contribution in [0.25, 0.3) is 11.0 Å². The van der Waals surface area contributed by atoms with E-state index in [0.717, 1.165) is 42.5 Å². The van der Waals surface area contributed by atoms with Gasteiger partial charge in [-0.1, -0.05) is 18.2 Å². The van der Waals surface area contributed by atoms with Gasteiger partial charge in [-0.3, -0.25) is 4.79 Å². The third-order valence-corrected chi connectivity index (χ3v) is 4.27. The topological polar surface area (TPSA) is 59.5 Å². The predicted octanol–water partition coefficient (Wildman–Crippen LogP) is 2.55. The first-order valence-electron chi connectivity index (χ1n) is 7.18. The second-order valence-corrected chi connectivity index (χ2v) is 5.52. The molecule has 2 aromatic rings. The van der Waals surface area contributed by atoms with Gasteiger partial charge in [-0.2, -0.15) is 0 Å². The molecule has 1 saturated heterocycles. The van der Waals surface area contributed by atoms with Gasteiger partial charge < -0.3 is 15.1 Å². The van der Waals surface area contributed by atoms with Crippen molar-refractivity contribution in [1.82, 2.24) is 4.90 Å². The first-order valence-corrected chi connectivity index (χ1v) is 7.18. The highest BCUT2D eigenvalue weighted by atomic mass is 16.3. The Morgan fingerprint density at radius 3 is 2.70 bits per heavy atom. The van der Waals surface area contributed by atoms with E-state index in [1.54, 1.807) is 0 Å². The number of nitrogens with two attached hydrogens (primary N) is 1. The van der Waals surface area contributed by atoms with Crippen molar-refractivity contribution in [2.24, 2.45) is 11.7 Å². The third kappa shape index (κ3) is 2.20. The van der Waals surface area contributed by atoms with Crippen molar-refractivity contribution < 1.29 is 9.21 Å². The molecule has 106 valence electrons. The summed E-state index contributed by atoms with van der Waals surface area (Å²) in [5.41, 5.74) is 7.41. The molecule has 0 atom stereocenters. The number of amides is 1. The molecule has 2 heterocycles. The molecule has 1 aliphatic heterocycles. The second-order valence-electron chi connectivity index (χ2n) is 5.52. The zero-order valence-corrected chi connectivity index (χ0v) is 11.8. The molecule has 1 aromatic carbocycles. The zero-order valence-electron chi connectivity index (χ0n) is 11.8. The number of rotatable bonds is 2. The summed E-state index contributed by atoms with van der Waals surface area (Å²) in [5.74, 6) is 1.04. The van der Waals surface area contributed by atoms with Crippen LogP contribution in [0.2, 0.25) is 0 Å². The highest BCUT2D eigenvalue weighted by Crippen LogP contribution is 2.27. The van der Waals surface area contributed by atoms with Gasteiger partial charge in [0.2, 0.25) is 0 Å². The molecule has 1 amide bonds. The maximum Gasteiger partial charge on any atom is 0.289 e. The molecular weight excluding hydrogens is 252 g/mol. The van der Waals surface area contributed by atoms with E-state index >= 15 is 0 Å². The molecule has 1 aromatic heterocycles. The van der Waals surface area contributed by atoms with Crippen molar-refractivity contribution in [2.45, 2.75) is 19.8 Å². The van der Waals surface area contributed by atoms with Crippen LogP contribution in [-0.2, 0) is 0 Å². The van der Waals surface area contributed by atoms with Crippen LogP contribution in [0.4, 0.5) is 0 Å². The van der Waals surface area contributed by atoms with Gasteiger partial charge in [0.25, 0.3) is 5.91 Å². The molecule has 0 bridgehead atoms. The third-order valence-electron chi connectivity index (χ3n) is 4.27. The molecule has 0 radical (unpaired) electrons. The summed E-state index contributed by atoms with van der Waals surface area (Å²) >= 11 is 0. The monoisotopic (exact) mass is 272 g/mol. The lowest BCUT2D eigenvalue weighted by Crippen LogP contribution is -2.40. The molecule has 20 heavy (non-hydrogen) atoms. The maximum absolute atomic E-state index is 12.6. The van der Waals surface area contributed by atoms with Crippen LogP contribution in [0.15, 0.2) is 28.7 Å². The zero-order chi connectivity index (χ0) is 14.1. The Hall–Kier alpha value is -1.81. The van der Waals surface area contributed by atoms with Crippen LogP contribution < -0.4 is 5.73 Å². The summed E-state index contributed by atoms with van der Waals surface area (Å²) in [5, 5.41) is 1.02. The normalized spacial score (nSPS) is 16.8. The molecule has 0 saturated carbocycles. The van der Waals surface area contributed by atoms with Crippen LogP contribution in [0.5, 0.6) is 0 Å². The largest absolute Gasteiger partial charge is 0.451 e. The molecule has 2 N–H and O–H groups in total. The van der Waals surface area contributed by atoms with Gasteiger partial charge in [0.1, 0.15) is 5.58 Å². The molecule has 1 fully saturated rings. The van der Waals surface area contributed by atoms with Crippen LogP contribution in [0, 0.1) is 12.8 Å². The van der Waals surface area contributed by atoms with Crippen molar-refractivity contribution in [3.05, 3.63) is 35.6 Å². The summed E-state index contributed by atoms with van der Waals surface area (Å²) in [4.78, 5) is 14.5. The van der Waals surface area contributed by atoms with Crippen LogP contribution in [-0.4, -0.2) is 30.4 Å². The smallest absolute Gasteiger partial charge is 0.289 e. The molecule has 0 unspecified atom stereocenters. The Morgan fingerprint density at radius 2 is 2.05 bits per heavy atom. The number of piperidine rings is 1. The van der Waals surface area contributed by atoms with Gasteiger partial charge >= 0.3 is 0 Å². The van der Waals surface area contributed by atoms with E-state index in [1.807, 2.05) is 36.1 Å². The molecule has 0 aliphatic carbocycles. The van der Waals surface area contributed by atoms with Crippen LogP contribution in [0.1, 0.15) is 29.0 Å². The number of benzene rings is 1. The summed E-state index contributed by atoms with van der Waals surface area (Å²) in [6, 6.07) is 7.78. The number of likely N-dealkylation sites (tertiary alicyclic amines) is 1. The summed E-state index contributed by atoms with van der Waals surface area (Å²) in [7, 11) is 0. The SMILES string of the molecule is Cc1c(C(=O)N2CCC(CN)CC2)oc2ccccc12. The minimum atomic E-state index is 0.00849. The summed E-state index contributed by atoms with van der Waals surface area (Å²) in [6.07, 6.45) is 1.98. The van der Waals surface area contributed by atoms with Crippen LogP contribution >= 0.6 is 0 Å². The highest BCUT2D eigenvalue weighted by molar-refractivity contribution is 5.98. The Labute approximate surface area is 118 Å². The lowest BCUT2D eigenvalue weighted by atomic mass is 9.97. The Bertz CT molecular complexity index is 624. The number of hydrogen-bond acceptors (Lipinski definition) is 3. The fraction of sp³-hybridized carbons (Fsp3) is 0.438. The number of fused-ring (bicyclic) bond motifs is 1. The number of carbonyl (C=O) groups excluding carboxylic acids is 1. The van der Waals surface area contributed by atoms with Gasteiger partial charge in [-0.15, -0.1) is 0 Å². The van der Waals surface area contributed by atoms with Crippen molar-refractivity contribution >= 4 is 16.9 Å². The van der Waals surface area contributed by atoms with Crippen molar-refractivity contribution in [1.29, 1.82) is 0 Å². The van der Waals surface area contributed by atoms with Gasteiger partial charge in [0.15, 0.2) is 5.76 Å². The molecule has 0 spiro atoms. The average Bonchev–Trinajstić information content (AvgIpc) is 2.84. The standard InChI is InChI=1S/C16H20N2O2/c1-11-13-4-2-3-5-14(13)20-15(11)16(19)18-8-6-12(10-17)7-9-18/h2-5,12H,6-10,17H2,1H3. The summed E-state index contributed by atoms with van der Waals surface area (Å²) in [6.45, 7) is 4.21. The maximum atomic E-state index is 12.6. The van der Waals surface area contributed by atoms with E-state index in [1.165, 1.54) is 0 Å². The number of aryl methyl sites for hydroxylation is 1. The predicted molar refractivity (Wildman–Crippen MR) is 78.6 cm³/mol. The molecule has 4 nitrogen and oxygen atoms in total. The van der Waals surface area contributed by atoms with E-state index in [2.05, 4.69) is 0 Å². The number of nitrogens with zero attached hydrogens (tertiary/aromatic N) is 1. The van der Waals surface area contributed by atoms with E-state index < -0.39 is 0 Å². The minimum Gasteiger partial charge on any atom is -0.451 e. The Morgan fingerprint density at radius 1 is 1.35 bits per heavy atom. The van der Waals surface area contributed by atoms with Gasteiger partial charge in [-0.25, -0.2) is 0 Å². The van der Waals surface area contributed by atoms with E-state index in [-0.39, 0.29) is 5.91 Å². The van der Waals surface area contributed by atoms with Crippen molar-refractivity contribution in [3.8, 4) is 0 Å². The molecular formula is C16H20N2O2. The van der Waals surface area contributed by atoms with Crippen molar-refractivity contribution in [3.63, 3.8) is 0 Å². The highest BCUT2D eigenvalue weighted by Gasteiger charge is 2.26. The van der Waals surface area contributed by atoms with Crippen molar-refractivity contribution in [2.75, 3.05) is 19.6 Å². The lowest BCUT2D eigenvalue weighted by molar-refractivity contribution is 0.0662. The fourth-order valence-corrected chi connectivity index (χ4v) is 2.89. The number of carbonyl (C=O) groups is 1. The lowest BCUT2D eigenvalue weighted by Gasteiger charge is -2.30. The summed E-state index contributed by atoms with van der Waals surface area (Å²) < 4.78 is 5.75. The Kier molecular flexibility index (Phi) is 3.49. The number of furan rings is 1. The van der Waals surface area contributed by atoms with Gasteiger partial charge in [-0.05, 0) is 38.3 Å². The van der Waals surface area contributed by atoms with E-state index in [9.17, 15) is 4.79 Å². The van der Waals surface area contributed by atoms with Gasteiger partial charge in [0.05, 0.1) is 0 Å². The average molecular weight is 272 g/mol. The Balaban J connectivity index is 1.84.